The number of allylic oxidation sites excluding steroid dienone is 2. The SMILES string of the molecule is CN1C(=CC=Cc2cc[n+](C)c3cc(Br)ccc23)Sc2ccccc21. The number of pyridine rings is 1. The van der Waals surface area contributed by atoms with E-state index < -0.39 is 0 Å². The van der Waals surface area contributed by atoms with Crippen LogP contribution in [-0.4, -0.2) is 7.05 Å². The summed E-state index contributed by atoms with van der Waals surface area (Å²) in [6, 6.07) is 17.1. The fourth-order valence-corrected chi connectivity index (χ4v) is 4.46. The summed E-state index contributed by atoms with van der Waals surface area (Å²) < 4.78 is 3.24. The third kappa shape index (κ3) is 3.12. The number of aryl methyl sites for hydroxylation is 1. The maximum Gasteiger partial charge on any atom is 0.213 e. The molecule has 0 aliphatic carbocycles. The molecule has 4 heteroatoms. The number of rotatable bonds is 2. The van der Waals surface area contributed by atoms with E-state index in [1.54, 1.807) is 0 Å². The van der Waals surface area contributed by atoms with E-state index in [4.69, 9.17) is 0 Å². The molecule has 0 unspecified atom stereocenters. The predicted molar refractivity (Wildman–Crippen MR) is 111 cm³/mol. The first kappa shape index (κ1) is 16.4. The minimum atomic E-state index is 1.10. The Bertz CT molecular complexity index is 1020. The number of halogens is 1. The van der Waals surface area contributed by atoms with E-state index >= 15 is 0 Å². The molecule has 1 aromatic heterocycles. The van der Waals surface area contributed by atoms with E-state index in [0.717, 1.165) is 4.47 Å². The van der Waals surface area contributed by atoms with Crippen LogP contribution in [0.5, 0.6) is 0 Å². The van der Waals surface area contributed by atoms with Gasteiger partial charge in [0.1, 0.15) is 7.05 Å². The highest BCUT2D eigenvalue weighted by Crippen LogP contribution is 2.44. The van der Waals surface area contributed by atoms with Gasteiger partial charge in [-0.3, -0.25) is 0 Å². The van der Waals surface area contributed by atoms with E-state index in [1.165, 1.54) is 32.1 Å². The van der Waals surface area contributed by atoms with Crippen molar-refractivity contribution in [2.75, 3.05) is 11.9 Å². The average Bonchev–Trinajstić information content (AvgIpc) is 2.94. The van der Waals surface area contributed by atoms with Crippen LogP contribution in [0.25, 0.3) is 17.0 Å². The van der Waals surface area contributed by atoms with Gasteiger partial charge in [0.2, 0.25) is 5.52 Å². The van der Waals surface area contributed by atoms with E-state index in [2.05, 4.69) is 112 Å². The Labute approximate surface area is 160 Å². The first-order valence-electron chi connectivity index (χ1n) is 8.10. The number of hydrogen-bond donors (Lipinski definition) is 0. The van der Waals surface area contributed by atoms with E-state index in [-0.39, 0.29) is 0 Å². The van der Waals surface area contributed by atoms with Crippen LogP contribution < -0.4 is 9.47 Å². The number of para-hydroxylation sites is 1. The van der Waals surface area contributed by atoms with Gasteiger partial charge in [-0.2, -0.15) is 0 Å². The van der Waals surface area contributed by atoms with Crippen LogP contribution in [0.4, 0.5) is 5.69 Å². The quantitative estimate of drug-likeness (QED) is 0.514. The molecule has 0 saturated carbocycles. The summed E-state index contributed by atoms with van der Waals surface area (Å²) in [4.78, 5) is 3.55. The number of nitrogens with zero attached hydrogens (tertiary/aromatic N) is 2. The fourth-order valence-electron chi connectivity index (χ4n) is 3.05. The summed E-state index contributed by atoms with van der Waals surface area (Å²) >= 11 is 5.37. The topological polar surface area (TPSA) is 7.12 Å². The minimum absolute atomic E-state index is 1.10. The second kappa shape index (κ2) is 6.70. The van der Waals surface area contributed by atoms with Crippen molar-refractivity contribution in [1.29, 1.82) is 0 Å². The monoisotopic (exact) mass is 409 g/mol. The van der Waals surface area contributed by atoms with Crippen LogP contribution in [0, 0.1) is 0 Å². The molecule has 0 radical (unpaired) electrons. The molecule has 0 fully saturated rings. The third-order valence-corrected chi connectivity index (χ3v) is 6.09. The molecule has 0 bridgehead atoms. The maximum absolute atomic E-state index is 3.56. The molecule has 0 atom stereocenters. The molecule has 1 aliphatic rings. The molecule has 2 nitrogen and oxygen atoms in total. The van der Waals surface area contributed by atoms with Crippen molar-refractivity contribution in [3.63, 3.8) is 0 Å². The molecule has 0 spiro atoms. The first-order valence-corrected chi connectivity index (χ1v) is 9.71. The molecule has 25 heavy (non-hydrogen) atoms. The second-order valence-corrected chi connectivity index (χ2v) is 8.01. The highest BCUT2D eigenvalue weighted by molar-refractivity contribution is 9.10. The fraction of sp³-hybridized carbons (Fsp3) is 0.0952. The highest BCUT2D eigenvalue weighted by Gasteiger charge is 2.20. The second-order valence-electron chi connectivity index (χ2n) is 6.04. The van der Waals surface area contributed by atoms with Crippen molar-refractivity contribution >= 4 is 50.4 Å². The molecular formula is C21H18BrN2S+. The Hall–Kier alpha value is -2.04. The Balaban J connectivity index is 1.66. The molecule has 0 saturated heterocycles. The van der Waals surface area contributed by atoms with Crippen molar-refractivity contribution in [3.8, 4) is 0 Å². The van der Waals surface area contributed by atoms with Gasteiger partial charge in [0.05, 0.1) is 16.1 Å². The van der Waals surface area contributed by atoms with Crippen molar-refractivity contribution in [3.05, 3.63) is 81.9 Å². The number of aromatic nitrogens is 1. The van der Waals surface area contributed by atoms with Crippen LogP contribution in [0.2, 0.25) is 0 Å². The molecule has 3 aromatic rings. The van der Waals surface area contributed by atoms with Gasteiger partial charge in [0, 0.05) is 28.5 Å². The minimum Gasteiger partial charge on any atom is -0.338 e. The van der Waals surface area contributed by atoms with Gasteiger partial charge in [0.25, 0.3) is 0 Å². The normalized spacial score (nSPS) is 15.5. The number of benzene rings is 2. The molecule has 0 N–H and O–H groups in total. The van der Waals surface area contributed by atoms with Crippen LogP contribution in [-0.2, 0) is 7.05 Å². The van der Waals surface area contributed by atoms with Crippen molar-refractivity contribution < 1.29 is 4.57 Å². The summed E-state index contributed by atoms with van der Waals surface area (Å²) in [6.07, 6.45) is 8.61. The highest BCUT2D eigenvalue weighted by atomic mass is 79.9. The van der Waals surface area contributed by atoms with Gasteiger partial charge in [-0.1, -0.05) is 52.0 Å². The van der Waals surface area contributed by atoms with Crippen molar-refractivity contribution in [2.24, 2.45) is 7.05 Å². The molecule has 0 amide bonds. The number of fused-ring (bicyclic) bond motifs is 2. The Morgan fingerprint density at radius 3 is 2.80 bits per heavy atom. The van der Waals surface area contributed by atoms with Gasteiger partial charge in [-0.25, -0.2) is 4.57 Å². The average molecular weight is 410 g/mol. The van der Waals surface area contributed by atoms with Gasteiger partial charge in [-0.15, -0.1) is 0 Å². The van der Waals surface area contributed by atoms with E-state index in [0.29, 0.717) is 0 Å². The van der Waals surface area contributed by atoms with Gasteiger partial charge in [-0.05, 0) is 35.9 Å². The lowest BCUT2D eigenvalue weighted by Crippen LogP contribution is -2.28. The number of hydrogen-bond acceptors (Lipinski definition) is 2. The van der Waals surface area contributed by atoms with Crippen molar-refractivity contribution in [1.82, 2.24) is 0 Å². The van der Waals surface area contributed by atoms with Crippen LogP contribution >= 0.6 is 27.7 Å². The summed E-state index contributed by atoms with van der Waals surface area (Å²) in [5, 5.41) is 2.49. The molecule has 2 aromatic carbocycles. The first-order chi connectivity index (χ1) is 12.1. The van der Waals surface area contributed by atoms with E-state index in [1.807, 2.05) is 11.8 Å². The van der Waals surface area contributed by atoms with E-state index in [9.17, 15) is 0 Å². The maximum atomic E-state index is 3.56. The number of thioether (sulfide) groups is 1. The molecule has 4 rings (SSSR count). The lowest BCUT2D eigenvalue weighted by atomic mass is 10.1. The van der Waals surface area contributed by atoms with Crippen molar-refractivity contribution in [2.45, 2.75) is 4.90 Å². The molecule has 124 valence electrons. The zero-order valence-corrected chi connectivity index (χ0v) is 16.5. The van der Waals surface area contributed by atoms with Crippen LogP contribution in [0.15, 0.2) is 81.3 Å². The van der Waals surface area contributed by atoms with Gasteiger partial charge < -0.3 is 4.90 Å². The Kier molecular flexibility index (Phi) is 4.40. The summed E-state index contributed by atoms with van der Waals surface area (Å²) in [5.41, 5.74) is 3.71. The van der Waals surface area contributed by atoms with Gasteiger partial charge >= 0.3 is 0 Å². The van der Waals surface area contributed by atoms with Crippen LogP contribution in [0.1, 0.15) is 5.56 Å². The largest absolute Gasteiger partial charge is 0.338 e. The lowest BCUT2D eigenvalue weighted by molar-refractivity contribution is -0.644. The number of anilines is 1. The molecular weight excluding hydrogens is 392 g/mol. The molecule has 2 heterocycles. The Morgan fingerprint density at radius 1 is 1.12 bits per heavy atom. The Morgan fingerprint density at radius 2 is 1.96 bits per heavy atom. The summed E-state index contributed by atoms with van der Waals surface area (Å²) in [7, 11) is 4.19. The predicted octanol–water partition coefficient (Wildman–Crippen LogP) is 5.52. The molecule has 1 aliphatic heterocycles. The van der Waals surface area contributed by atoms with Crippen LogP contribution in [0.3, 0.4) is 0 Å². The standard InChI is InChI=1S/C21H18BrN2S/c1-23-13-12-15(17-11-10-16(22)14-19(17)23)6-5-9-21-24(2)18-7-3-4-8-20(18)25-21/h3-14H,1-2H3/q+1. The smallest absolute Gasteiger partial charge is 0.213 e. The summed E-state index contributed by atoms with van der Waals surface area (Å²) in [6.45, 7) is 0. The third-order valence-electron chi connectivity index (χ3n) is 4.41. The lowest BCUT2D eigenvalue weighted by Gasteiger charge is -2.12. The zero-order chi connectivity index (χ0) is 17.4. The van der Waals surface area contributed by atoms with Gasteiger partial charge in [0.15, 0.2) is 6.20 Å². The zero-order valence-electron chi connectivity index (χ0n) is 14.1. The summed E-state index contributed by atoms with van der Waals surface area (Å²) in [5.74, 6) is 0.